The van der Waals surface area contributed by atoms with E-state index in [1.165, 1.54) is 6.92 Å². The maximum atomic E-state index is 13.1. The number of carbonyl (C=O) groups excluding carboxylic acids is 1. The van der Waals surface area contributed by atoms with Gasteiger partial charge in [0, 0.05) is 19.6 Å². The second-order valence-electron chi connectivity index (χ2n) is 5.16. The number of nitrogens with one attached hydrogen (secondary N) is 1. The first-order valence-electron chi connectivity index (χ1n) is 5.65. The van der Waals surface area contributed by atoms with Crippen molar-refractivity contribution in [3.63, 3.8) is 0 Å². The summed E-state index contributed by atoms with van der Waals surface area (Å²) in [5.41, 5.74) is -0.501. The number of hydrogen-bond donors (Lipinski definition) is 1. The number of halogens is 1. The van der Waals surface area contributed by atoms with Gasteiger partial charge in [-0.25, -0.2) is 9.18 Å². The van der Waals surface area contributed by atoms with Gasteiger partial charge in [0.15, 0.2) is 0 Å². The molecule has 16 heavy (non-hydrogen) atoms. The summed E-state index contributed by atoms with van der Waals surface area (Å²) in [4.78, 5) is 13.3. The molecule has 1 rings (SSSR count). The van der Waals surface area contributed by atoms with E-state index in [1.807, 2.05) is 20.8 Å². The third-order valence-electron chi connectivity index (χ3n) is 2.41. The first kappa shape index (κ1) is 13.2. The number of amides is 1. The second-order valence-corrected chi connectivity index (χ2v) is 5.16. The first-order valence-corrected chi connectivity index (χ1v) is 5.65. The Hall–Kier alpha value is -0.840. The molecule has 1 amide bonds. The van der Waals surface area contributed by atoms with Crippen LogP contribution in [0.25, 0.3) is 0 Å². The minimum Gasteiger partial charge on any atom is -0.444 e. The van der Waals surface area contributed by atoms with E-state index in [0.717, 1.165) is 0 Å². The Morgan fingerprint density at radius 3 is 2.69 bits per heavy atom. The van der Waals surface area contributed by atoms with Crippen LogP contribution in [-0.2, 0) is 4.74 Å². The fourth-order valence-electron chi connectivity index (χ4n) is 1.58. The molecule has 0 aromatic carbocycles. The zero-order chi connectivity index (χ0) is 12.3. The molecule has 0 bridgehead atoms. The number of piperazine rings is 1. The van der Waals surface area contributed by atoms with Gasteiger partial charge in [-0.2, -0.15) is 0 Å². The highest BCUT2D eigenvalue weighted by Crippen LogP contribution is 2.12. The van der Waals surface area contributed by atoms with E-state index in [-0.39, 0.29) is 12.1 Å². The molecule has 0 saturated carbocycles. The zero-order valence-corrected chi connectivity index (χ0v) is 10.4. The lowest BCUT2D eigenvalue weighted by molar-refractivity contribution is 0.0167. The molecule has 94 valence electrons. The number of rotatable bonds is 1. The normalized spacial score (nSPS) is 24.1. The Bertz CT molecular complexity index is 251. The highest BCUT2D eigenvalue weighted by atomic mass is 19.1. The lowest BCUT2D eigenvalue weighted by Crippen LogP contribution is -2.56. The van der Waals surface area contributed by atoms with Crippen LogP contribution in [0.2, 0.25) is 0 Å². The number of hydrogen-bond acceptors (Lipinski definition) is 3. The lowest BCUT2D eigenvalue weighted by atomic mass is 10.1. The van der Waals surface area contributed by atoms with Crippen molar-refractivity contribution in [2.45, 2.75) is 45.5 Å². The van der Waals surface area contributed by atoms with E-state index in [0.29, 0.717) is 19.6 Å². The van der Waals surface area contributed by atoms with Gasteiger partial charge in [0.2, 0.25) is 0 Å². The molecule has 1 fully saturated rings. The predicted molar refractivity (Wildman–Crippen MR) is 60.2 cm³/mol. The number of alkyl halides is 1. The average molecular weight is 232 g/mol. The minimum absolute atomic E-state index is 0.290. The molecule has 5 heteroatoms. The largest absolute Gasteiger partial charge is 0.444 e. The maximum Gasteiger partial charge on any atom is 0.410 e. The third kappa shape index (κ3) is 3.96. The molecule has 0 aromatic heterocycles. The molecule has 2 unspecified atom stereocenters. The smallest absolute Gasteiger partial charge is 0.410 e. The monoisotopic (exact) mass is 232 g/mol. The van der Waals surface area contributed by atoms with Crippen LogP contribution in [0.1, 0.15) is 27.7 Å². The van der Waals surface area contributed by atoms with Crippen LogP contribution in [0.15, 0.2) is 0 Å². The van der Waals surface area contributed by atoms with Gasteiger partial charge in [-0.05, 0) is 27.7 Å². The molecule has 1 aliphatic rings. The molecule has 4 nitrogen and oxygen atoms in total. The molecular formula is C11H21FN2O2. The third-order valence-corrected chi connectivity index (χ3v) is 2.41. The molecule has 0 aliphatic carbocycles. The maximum absolute atomic E-state index is 13.1. The van der Waals surface area contributed by atoms with Crippen molar-refractivity contribution < 1.29 is 13.9 Å². The molecule has 1 aliphatic heterocycles. The highest BCUT2D eigenvalue weighted by Gasteiger charge is 2.29. The van der Waals surface area contributed by atoms with Crippen molar-refractivity contribution in [3.8, 4) is 0 Å². The lowest BCUT2D eigenvalue weighted by Gasteiger charge is -2.35. The Morgan fingerprint density at radius 2 is 2.19 bits per heavy atom. The van der Waals surface area contributed by atoms with E-state index in [4.69, 9.17) is 4.74 Å². The van der Waals surface area contributed by atoms with Crippen molar-refractivity contribution in [2.24, 2.45) is 0 Å². The summed E-state index contributed by atoms with van der Waals surface area (Å²) in [6.07, 6.45) is -1.33. The fraction of sp³-hybridized carbons (Fsp3) is 0.909. The average Bonchev–Trinajstić information content (AvgIpc) is 2.15. The summed E-state index contributed by atoms with van der Waals surface area (Å²) >= 11 is 0. The van der Waals surface area contributed by atoms with E-state index >= 15 is 0 Å². The van der Waals surface area contributed by atoms with Gasteiger partial charge in [-0.3, -0.25) is 0 Å². The van der Waals surface area contributed by atoms with Gasteiger partial charge < -0.3 is 15.0 Å². The number of ether oxygens (including phenoxy) is 1. The van der Waals surface area contributed by atoms with Crippen molar-refractivity contribution in [2.75, 3.05) is 19.6 Å². The van der Waals surface area contributed by atoms with Gasteiger partial charge in [-0.15, -0.1) is 0 Å². The van der Waals surface area contributed by atoms with Crippen molar-refractivity contribution in [3.05, 3.63) is 0 Å². The van der Waals surface area contributed by atoms with Crippen molar-refractivity contribution in [1.29, 1.82) is 0 Å². The van der Waals surface area contributed by atoms with Crippen LogP contribution in [0.5, 0.6) is 0 Å². The molecular weight excluding hydrogens is 211 g/mol. The van der Waals surface area contributed by atoms with Gasteiger partial charge in [0.25, 0.3) is 0 Å². The topological polar surface area (TPSA) is 41.6 Å². The SMILES string of the molecule is CC(F)C1CN(C(=O)OC(C)(C)C)CCN1. The van der Waals surface area contributed by atoms with Gasteiger partial charge >= 0.3 is 6.09 Å². The predicted octanol–water partition coefficient (Wildman–Crippen LogP) is 1.55. The molecule has 1 N–H and O–H groups in total. The Morgan fingerprint density at radius 1 is 1.56 bits per heavy atom. The molecule has 0 radical (unpaired) electrons. The Kier molecular flexibility index (Phi) is 4.13. The van der Waals surface area contributed by atoms with Gasteiger partial charge in [-0.1, -0.05) is 0 Å². The summed E-state index contributed by atoms with van der Waals surface area (Å²) in [6, 6.07) is -0.290. The van der Waals surface area contributed by atoms with Crippen LogP contribution in [0, 0.1) is 0 Å². The minimum atomic E-state index is -0.967. The molecule has 0 aromatic rings. The highest BCUT2D eigenvalue weighted by molar-refractivity contribution is 5.68. The van der Waals surface area contributed by atoms with Crippen LogP contribution in [0.4, 0.5) is 9.18 Å². The van der Waals surface area contributed by atoms with Crippen molar-refractivity contribution in [1.82, 2.24) is 10.2 Å². The summed E-state index contributed by atoms with van der Waals surface area (Å²) in [6.45, 7) is 8.51. The van der Waals surface area contributed by atoms with E-state index in [9.17, 15) is 9.18 Å². The van der Waals surface area contributed by atoms with E-state index in [1.54, 1.807) is 4.90 Å². The summed E-state index contributed by atoms with van der Waals surface area (Å²) < 4.78 is 18.4. The van der Waals surface area contributed by atoms with Crippen LogP contribution in [-0.4, -0.2) is 48.4 Å². The Balaban J connectivity index is 2.50. The fourth-order valence-corrected chi connectivity index (χ4v) is 1.58. The first-order chi connectivity index (χ1) is 7.29. The molecule has 1 saturated heterocycles. The van der Waals surface area contributed by atoms with Crippen LogP contribution in [0.3, 0.4) is 0 Å². The van der Waals surface area contributed by atoms with E-state index < -0.39 is 11.8 Å². The van der Waals surface area contributed by atoms with Crippen molar-refractivity contribution >= 4 is 6.09 Å². The van der Waals surface area contributed by atoms with Crippen LogP contribution >= 0.6 is 0 Å². The molecule has 2 atom stereocenters. The summed E-state index contributed by atoms with van der Waals surface area (Å²) in [7, 11) is 0. The zero-order valence-electron chi connectivity index (χ0n) is 10.4. The van der Waals surface area contributed by atoms with Crippen LogP contribution < -0.4 is 5.32 Å². The quantitative estimate of drug-likeness (QED) is 0.746. The second kappa shape index (κ2) is 4.99. The summed E-state index contributed by atoms with van der Waals surface area (Å²) in [5.74, 6) is 0. The molecule has 0 spiro atoms. The standard InChI is InChI=1S/C11H21FN2O2/c1-8(12)9-7-14(6-5-13-9)10(15)16-11(2,3)4/h8-9,13H,5-7H2,1-4H3. The molecule has 1 heterocycles. The van der Waals surface area contributed by atoms with E-state index in [2.05, 4.69) is 5.32 Å². The summed E-state index contributed by atoms with van der Waals surface area (Å²) in [5, 5.41) is 3.04. The van der Waals surface area contributed by atoms with Gasteiger partial charge in [0.05, 0.1) is 6.04 Å². The Labute approximate surface area is 96.1 Å². The number of carbonyl (C=O) groups is 1. The van der Waals surface area contributed by atoms with Gasteiger partial charge in [0.1, 0.15) is 11.8 Å². The number of nitrogens with zero attached hydrogens (tertiary/aromatic N) is 1.